The van der Waals surface area contributed by atoms with Crippen LogP contribution in [0.25, 0.3) is 0 Å². The monoisotopic (exact) mass is 344 g/mol. The zero-order valence-corrected chi connectivity index (χ0v) is 13.9. The van der Waals surface area contributed by atoms with Crippen LogP contribution in [0.15, 0.2) is 53.0 Å². The zero-order chi connectivity index (χ0) is 14.7. The van der Waals surface area contributed by atoms with Crippen molar-refractivity contribution in [3.05, 3.63) is 64.1 Å². The van der Waals surface area contributed by atoms with E-state index in [9.17, 15) is 0 Å². The van der Waals surface area contributed by atoms with Crippen LogP contribution in [0, 0.1) is 0 Å². The lowest BCUT2D eigenvalue weighted by atomic mass is 9.90. The fraction of sp³-hybridized carbons (Fsp3) is 0.333. The molecular weight excluding hydrogens is 324 g/mol. The van der Waals surface area contributed by atoms with Crippen molar-refractivity contribution in [1.82, 2.24) is 4.90 Å². The van der Waals surface area contributed by atoms with Gasteiger partial charge < -0.3 is 10.2 Å². The molecule has 0 spiro atoms. The van der Waals surface area contributed by atoms with Gasteiger partial charge in [0, 0.05) is 35.7 Å². The Balaban J connectivity index is 1.65. The molecule has 1 heterocycles. The van der Waals surface area contributed by atoms with E-state index in [0.717, 1.165) is 24.1 Å². The van der Waals surface area contributed by atoms with E-state index in [-0.39, 0.29) is 0 Å². The summed E-state index contributed by atoms with van der Waals surface area (Å²) in [5.74, 6) is 0.628. The third-order valence-corrected chi connectivity index (χ3v) is 4.64. The van der Waals surface area contributed by atoms with Gasteiger partial charge in [0.15, 0.2) is 0 Å². The molecule has 0 bridgehead atoms. The average Bonchev–Trinajstić information content (AvgIpc) is 2.50. The van der Waals surface area contributed by atoms with Gasteiger partial charge in [-0.3, -0.25) is 0 Å². The third kappa shape index (κ3) is 3.66. The summed E-state index contributed by atoms with van der Waals surface area (Å²) in [6.45, 7) is 3.18. The Morgan fingerprint density at radius 2 is 1.90 bits per heavy atom. The van der Waals surface area contributed by atoms with Gasteiger partial charge in [0.25, 0.3) is 0 Å². The number of nitrogens with zero attached hydrogens (tertiary/aromatic N) is 1. The second kappa shape index (κ2) is 6.63. The third-order valence-electron chi connectivity index (χ3n) is 4.11. The van der Waals surface area contributed by atoms with E-state index in [0.29, 0.717) is 5.92 Å². The van der Waals surface area contributed by atoms with Gasteiger partial charge in [-0.25, -0.2) is 0 Å². The number of nitrogens with one attached hydrogen (secondary N) is 1. The van der Waals surface area contributed by atoms with Gasteiger partial charge in [-0.2, -0.15) is 0 Å². The predicted molar refractivity (Wildman–Crippen MR) is 92.8 cm³/mol. The van der Waals surface area contributed by atoms with Gasteiger partial charge >= 0.3 is 0 Å². The molecule has 0 radical (unpaired) electrons. The zero-order valence-electron chi connectivity index (χ0n) is 12.3. The molecular formula is C18H21BrN2. The minimum atomic E-state index is 0.628. The van der Waals surface area contributed by atoms with Gasteiger partial charge in [0.1, 0.15) is 0 Å². The smallest absolute Gasteiger partial charge is 0.0376 e. The molecule has 1 unspecified atom stereocenters. The van der Waals surface area contributed by atoms with Crippen LogP contribution in [0.2, 0.25) is 0 Å². The minimum absolute atomic E-state index is 0.628. The second-order valence-corrected chi connectivity index (χ2v) is 6.74. The number of hydrogen-bond donors (Lipinski definition) is 1. The fourth-order valence-corrected chi connectivity index (χ4v) is 3.35. The molecule has 110 valence electrons. The van der Waals surface area contributed by atoms with Crippen molar-refractivity contribution in [2.45, 2.75) is 18.9 Å². The molecule has 0 fully saturated rings. The lowest BCUT2D eigenvalue weighted by Gasteiger charge is -2.30. The first-order valence-corrected chi connectivity index (χ1v) is 8.27. The standard InChI is InChI=1S/C18H21BrN2/c1-21(12-14-6-8-16(19)9-7-14)13-15-10-11-20-18-5-3-2-4-17(15)18/h2-9,15,20H,10-13H2,1H3. The predicted octanol–water partition coefficient (Wildman–Crippen LogP) is 4.48. The Kier molecular flexibility index (Phi) is 4.61. The quantitative estimate of drug-likeness (QED) is 0.879. The summed E-state index contributed by atoms with van der Waals surface area (Å²) in [5.41, 5.74) is 4.14. The van der Waals surface area contributed by atoms with Gasteiger partial charge in [0.05, 0.1) is 0 Å². The van der Waals surface area contributed by atoms with Crippen LogP contribution in [-0.4, -0.2) is 25.0 Å². The van der Waals surface area contributed by atoms with E-state index in [4.69, 9.17) is 0 Å². The summed E-state index contributed by atoms with van der Waals surface area (Å²) >= 11 is 3.49. The van der Waals surface area contributed by atoms with E-state index in [1.807, 2.05) is 0 Å². The van der Waals surface area contributed by atoms with E-state index >= 15 is 0 Å². The number of likely N-dealkylation sites (N-methyl/N-ethyl adjacent to an activating group) is 1. The number of rotatable bonds is 4. The van der Waals surface area contributed by atoms with Crippen LogP contribution in [0.1, 0.15) is 23.5 Å². The van der Waals surface area contributed by atoms with Gasteiger partial charge in [-0.15, -0.1) is 0 Å². The van der Waals surface area contributed by atoms with Crippen LogP contribution >= 0.6 is 15.9 Å². The van der Waals surface area contributed by atoms with Crippen molar-refractivity contribution in [1.29, 1.82) is 0 Å². The molecule has 3 rings (SSSR count). The number of fused-ring (bicyclic) bond motifs is 1. The Morgan fingerprint density at radius 1 is 1.14 bits per heavy atom. The Bertz CT molecular complexity index is 594. The van der Waals surface area contributed by atoms with Crippen molar-refractivity contribution in [2.75, 3.05) is 25.5 Å². The van der Waals surface area contributed by atoms with Crippen LogP contribution in [0.5, 0.6) is 0 Å². The number of anilines is 1. The number of benzene rings is 2. The maximum Gasteiger partial charge on any atom is 0.0376 e. The highest BCUT2D eigenvalue weighted by Crippen LogP contribution is 2.31. The summed E-state index contributed by atoms with van der Waals surface area (Å²) in [6.07, 6.45) is 1.21. The molecule has 2 nitrogen and oxygen atoms in total. The molecule has 0 aromatic heterocycles. The highest BCUT2D eigenvalue weighted by molar-refractivity contribution is 9.10. The molecule has 0 saturated heterocycles. The number of halogens is 1. The van der Waals surface area contributed by atoms with E-state index in [1.165, 1.54) is 23.2 Å². The van der Waals surface area contributed by atoms with Crippen LogP contribution in [0.4, 0.5) is 5.69 Å². The van der Waals surface area contributed by atoms with Crippen molar-refractivity contribution in [3.8, 4) is 0 Å². The van der Waals surface area contributed by atoms with Crippen molar-refractivity contribution < 1.29 is 0 Å². The normalized spacial score (nSPS) is 17.4. The van der Waals surface area contributed by atoms with Crippen LogP contribution in [0.3, 0.4) is 0 Å². The summed E-state index contributed by atoms with van der Waals surface area (Å²) in [6, 6.07) is 17.3. The van der Waals surface area contributed by atoms with Gasteiger partial charge in [-0.1, -0.05) is 46.3 Å². The first kappa shape index (κ1) is 14.6. The average molecular weight is 345 g/mol. The largest absolute Gasteiger partial charge is 0.385 e. The second-order valence-electron chi connectivity index (χ2n) is 5.82. The fourth-order valence-electron chi connectivity index (χ4n) is 3.08. The van der Waals surface area contributed by atoms with Crippen molar-refractivity contribution in [3.63, 3.8) is 0 Å². The van der Waals surface area contributed by atoms with E-state index in [1.54, 1.807) is 0 Å². The summed E-state index contributed by atoms with van der Waals surface area (Å²) in [7, 11) is 2.21. The lowest BCUT2D eigenvalue weighted by Crippen LogP contribution is -2.28. The van der Waals surface area contributed by atoms with E-state index in [2.05, 4.69) is 81.7 Å². The van der Waals surface area contributed by atoms with E-state index < -0.39 is 0 Å². The maximum atomic E-state index is 3.50. The highest BCUT2D eigenvalue weighted by atomic mass is 79.9. The van der Waals surface area contributed by atoms with Gasteiger partial charge in [-0.05, 0) is 42.8 Å². The molecule has 1 N–H and O–H groups in total. The maximum absolute atomic E-state index is 3.50. The lowest BCUT2D eigenvalue weighted by molar-refractivity contribution is 0.297. The van der Waals surface area contributed by atoms with Gasteiger partial charge in [0.2, 0.25) is 0 Å². The molecule has 0 aliphatic carbocycles. The van der Waals surface area contributed by atoms with Crippen LogP contribution in [-0.2, 0) is 6.54 Å². The molecule has 2 aromatic rings. The SMILES string of the molecule is CN(Cc1ccc(Br)cc1)CC1CCNc2ccccc21. The first-order valence-electron chi connectivity index (χ1n) is 7.48. The Labute approximate surface area is 135 Å². The summed E-state index contributed by atoms with van der Waals surface area (Å²) < 4.78 is 1.14. The Morgan fingerprint density at radius 3 is 2.71 bits per heavy atom. The molecule has 1 aliphatic heterocycles. The van der Waals surface area contributed by atoms with Crippen LogP contribution < -0.4 is 5.32 Å². The molecule has 2 aromatic carbocycles. The molecule has 21 heavy (non-hydrogen) atoms. The number of hydrogen-bond acceptors (Lipinski definition) is 2. The molecule has 0 saturated carbocycles. The molecule has 1 aliphatic rings. The summed E-state index contributed by atoms with van der Waals surface area (Å²) in [5, 5.41) is 3.50. The molecule has 3 heteroatoms. The molecule has 0 amide bonds. The first-order chi connectivity index (χ1) is 10.2. The molecule has 1 atom stereocenters. The topological polar surface area (TPSA) is 15.3 Å². The summed E-state index contributed by atoms with van der Waals surface area (Å²) in [4.78, 5) is 2.43. The van der Waals surface area contributed by atoms with Crippen molar-refractivity contribution in [2.24, 2.45) is 0 Å². The Hall–Kier alpha value is -1.32. The number of para-hydroxylation sites is 1. The minimum Gasteiger partial charge on any atom is -0.385 e. The highest BCUT2D eigenvalue weighted by Gasteiger charge is 2.20. The van der Waals surface area contributed by atoms with Crippen molar-refractivity contribution >= 4 is 21.6 Å².